The Morgan fingerprint density at radius 1 is 1.15 bits per heavy atom. The molecule has 0 atom stereocenters. The maximum absolute atomic E-state index is 13.4. The van der Waals surface area contributed by atoms with E-state index in [1.807, 2.05) is 25.1 Å². The Kier molecular flexibility index (Phi) is 7.29. The molecule has 1 aromatic carbocycles. The lowest BCUT2D eigenvalue weighted by atomic mass is 9.84. The van der Waals surface area contributed by atoms with Crippen molar-refractivity contribution in [3.63, 3.8) is 0 Å². The normalized spacial score (nSPS) is 18.3. The van der Waals surface area contributed by atoms with Crippen molar-refractivity contribution >= 4 is 5.91 Å². The summed E-state index contributed by atoms with van der Waals surface area (Å²) in [6, 6.07) is 6.35. The molecule has 0 radical (unpaired) electrons. The van der Waals surface area contributed by atoms with Crippen molar-refractivity contribution in [1.29, 1.82) is 0 Å². The van der Waals surface area contributed by atoms with Gasteiger partial charge in [0.1, 0.15) is 17.4 Å². The summed E-state index contributed by atoms with van der Waals surface area (Å²) in [6.45, 7) is 2.42. The van der Waals surface area contributed by atoms with Gasteiger partial charge < -0.3 is 14.6 Å². The van der Waals surface area contributed by atoms with E-state index in [2.05, 4.69) is 20.1 Å². The summed E-state index contributed by atoms with van der Waals surface area (Å²) in [5.41, 5.74) is 2.05. The molecular weight excluding hydrogens is 426 g/mol. The number of hydrogen-bond donors (Lipinski definition) is 1. The maximum atomic E-state index is 13.4. The number of nitrogens with one attached hydrogen (secondary N) is 1. The van der Waals surface area contributed by atoms with Crippen LogP contribution >= 0.6 is 0 Å². The van der Waals surface area contributed by atoms with Crippen molar-refractivity contribution in [2.75, 3.05) is 7.11 Å². The van der Waals surface area contributed by atoms with Crippen LogP contribution in [0, 0.1) is 12.8 Å². The summed E-state index contributed by atoms with van der Waals surface area (Å²) in [6.07, 6.45) is 5.91. The first-order chi connectivity index (χ1) is 15.8. The van der Waals surface area contributed by atoms with Crippen LogP contribution in [0.1, 0.15) is 80.2 Å². The summed E-state index contributed by atoms with van der Waals surface area (Å²) >= 11 is 0. The number of carbonyl (C=O) groups excluding carboxylic acids is 1. The van der Waals surface area contributed by atoms with E-state index in [1.54, 1.807) is 7.11 Å². The van der Waals surface area contributed by atoms with Gasteiger partial charge >= 0.3 is 0 Å². The fraction of sp³-hybridized carbons (Fsp3) is 0.640. The molecule has 4 rings (SSSR count). The number of carbonyl (C=O) groups is 1. The largest absolute Gasteiger partial charge is 0.496 e. The molecule has 0 spiro atoms. The first kappa shape index (κ1) is 23.6. The lowest BCUT2D eigenvalue weighted by Crippen LogP contribution is -2.25. The molecule has 1 amide bonds. The third-order valence-corrected chi connectivity index (χ3v) is 6.86. The van der Waals surface area contributed by atoms with Gasteiger partial charge in [-0.05, 0) is 56.6 Å². The number of amides is 1. The Hall–Kier alpha value is -2.51. The van der Waals surface area contributed by atoms with Crippen LogP contribution in [0.3, 0.4) is 0 Å². The predicted molar refractivity (Wildman–Crippen MR) is 121 cm³/mol. The molecule has 1 aromatic heterocycles. The van der Waals surface area contributed by atoms with E-state index in [0.717, 1.165) is 54.2 Å². The Morgan fingerprint density at radius 2 is 1.85 bits per heavy atom. The van der Waals surface area contributed by atoms with Crippen LogP contribution in [-0.4, -0.2) is 33.7 Å². The molecule has 2 aliphatic rings. The second kappa shape index (κ2) is 10.2. The minimum atomic E-state index is -2.48. The molecule has 2 fully saturated rings. The van der Waals surface area contributed by atoms with Crippen LogP contribution in [0.25, 0.3) is 0 Å². The number of nitrogens with zero attached hydrogens (tertiary/aromatic N) is 3. The highest BCUT2D eigenvalue weighted by atomic mass is 19.3. The van der Waals surface area contributed by atoms with Crippen molar-refractivity contribution in [2.24, 2.45) is 5.92 Å². The number of halogens is 2. The first-order valence-corrected chi connectivity index (χ1v) is 12.1. The molecule has 0 bridgehead atoms. The topological polar surface area (TPSA) is 69.0 Å². The second-order valence-electron chi connectivity index (χ2n) is 9.56. The molecule has 33 heavy (non-hydrogen) atoms. The van der Waals surface area contributed by atoms with E-state index in [9.17, 15) is 13.6 Å². The van der Waals surface area contributed by atoms with Gasteiger partial charge in [-0.15, -0.1) is 10.2 Å². The maximum Gasteiger partial charge on any atom is 0.248 e. The van der Waals surface area contributed by atoms with Crippen molar-refractivity contribution in [3.8, 4) is 5.75 Å². The predicted octanol–water partition coefficient (Wildman–Crippen LogP) is 4.94. The molecule has 2 saturated carbocycles. The van der Waals surface area contributed by atoms with Gasteiger partial charge in [-0.3, -0.25) is 4.79 Å². The van der Waals surface area contributed by atoms with Crippen molar-refractivity contribution < 1.29 is 18.3 Å². The molecule has 8 heteroatoms. The molecule has 180 valence electrons. The molecular formula is C25H34F2N4O2. The molecule has 6 nitrogen and oxygen atoms in total. The fourth-order valence-corrected chi connectivity index (χ4v) is 4.68. The summed E-state index contributed by atoms with van der Waals surface area (Å²) in [7, 11) is 1.63. The minimum Gasteiger partial charge on any atom is -0.496 e. The molecule has 0 aliphatic heterocycles. The van der Waals surface area contributed by atoms with E-state index >= 15 is 0 Å². The number of aryl methyl sites for hydroxylation is 3. The van der Waals surface area contributed by atoms with Crippen LogP contribution in [-0.2, 0) is 24.2 Å². The van der Waals surface area contributed by atoms with Gasteiger partial charge in [-0.2, -0.15) is 0 Å². The number of methoxy groups -OCH3 is 1. The third-order valence-electron chi connectivity index (χ3n) is 6.86. The highest BCUT2D eigenvalue weighted by molar-refractivity contribution is 5.76. The Labute approximate surface area is 194 Å². The zero-order valence-corrected chi connectivity index (χ0v) is 19.6. The SMILES string of the molecule is COc1cc(C)ccc1CNC(=O)CCc1nnc(CCC2CCC(F)(F)CC2)n1C1CC1. The summed E-state index contributed by atoms with van der Waals surface area (Å²) < 4.78 is 34.4. The van der Waals surface area contributed by atoms with Crippen LogP contribution in [0.4, 0.5) is 8.78 Å². The van der Waals surface area contributed by atoms with Gasteiger partial charge in [0.15, 0.2) is 0 Å². The first-order valence-electron chi connectivity index (χ1n) is 12.1. The molecule has 0 unspecified atom stereocenters. The number of alkyl halides is 2. The molecule has 0 saturated heterocycles. The van der Waals surface area contributed by atoms with Crippen LogP contribution in [0.5, 0.6) is 5.75 Å². The Morgan fingerprint density at radius 3 is 2.52 bits per heavy atom. The van der Waals surface area contributed by atoms with E-state index in [4.69, 9.17) is 4.74 Å². The van der Waals surface area contributed by atoms with E-state index < -0.39 is 5.92 Å². The van der Waals surface area contributed by atoms with Gasteiger partial charge in [-0.1, -0.05) is 12.1 Å². The minimum absolute atomic E-state index is 0.00179. The highest BCUT2D eigenvalue weighted by Crippen LogP contribution is 2.39. The summed E-state index contributed by atoms with van der Waals surface area (Å²) in [5.74, 6) is 0.383. The van der Waals surface area contributed by atoms with Gasteiger partial charge in [0.25, 0.3) is 0 Å². The highest BCUT2D eigenvalue weighted by Gasteiger charge is 2.35. The number of hydrogen-bond acceptors (Lipinski definition) is 4. The molecule has 1 heterocycles. The van der Waals surface area contributed by atoms with Crippen molar-refractivity contribution in [2.45, 2.75) is 89.6 Å². The van der Waals surface area contributed by atoms with Crippen LogP contribution in [0.2, 0.25) is 0 Å². The van der Waals surface area contributed by atoms with Crippen LogP contribution in [0.15, 0.2) is 18.2 Å². The molecule has 1 N–H and O–H groups in total. The van der Waals surface area contributed by atoms with Gasteiger partial charge in [0, 0.05) is 50.3 Å². The number of rotatable bonds is 10. The van der Waals surface area contributed by atoms with Crippen LogP contribution < -0.4 is 10.1 Å². The van der Waals surface area contributed by atoms with Gasteiger partial charge in [-0.25, -0.2) is 8.78 Å². The zero-order chi connectivity index (χ0) is 23.4. The quantitative estimate of drug-likeness (QED) is 0.545. The number of benzene rings is 1. The average molecular weight is 461 g/mol. The lowest BCUT2D eigenvalue weighted by molar-refractivity contribution is -0.121. The number of ether oxygens (including phenoxy) is 1. The zero-order valence-electron chi connectivity index (χ0n) is 19.6. The Balaban J connectivity index is 1.29. The standard InChI is InChI=1S/C25H34F2N4O2/c1-17-3-5-19(21(15-17)33-2)16-28-24(32)10-9-23-30-29-22(31(23)20-6-7-20)8-4-18-11-13-25(26,27)14-12-18/h3,5,15,18,20H,4,6-14,16H2,1-2H3,(H,28,32). The Bertz CT molecular complexity index is 961. The summed E-state index contributed by atoms with van der Waals surface area (Å²) in [5, 5.41) is 11.8. The smallest absolute Gasteiger partial charge is 0.248 e. The van der Waals surface area contributed by atoms with Gasteiger partial charge in [0.05, 0.1) is 7.11 Å². The second-order valence-corrected chi connectivity index (χ2v) is 9.56. The fourth-order valence-electron chi connectivity index (χ4n) is 4.68. The monoisotopic (exact) mass is 460 g/mol. The summed E-state index contributed by atoms with van der Waals surface area (Å²) in [4.78, 5) is 12.5. The average Bonchev–Trinajstić information content (AvgIpc) is 3.55. The third kappa shape index (κ3) is 6.30. The van der Waals surface area contributed by atoms with E-state index in [-0.39, 0.29) is 18.7 Å². The molecule has 2 aromatic rings. The van der Waals surface area contributed by atoms with Crippen molar-refractivity contribution in [1.82, 2.24) is 20.1 Å². The van der Waals surface area contributed by atoms with Gasteiger partial charge in [0.2, 0.25) is 11.8 Å². The van der Waals surface area contributed by atoms with Crippen molar-refractivity contribution in [3.05, 3.63) is 41.0 Å². The molecule has 2 aliphatic carbocycles. The number of aromatic nitrogens is 3. The van der Waals surface area contributed by atoms with E-state index in [0.29, 0.717) is 44.2 Å². The van der Waals surface area contributed by atoms with E-state index in [1.165, 1.54) is 0 Å². The lowest BCUT2D eigenvalue weighted by Gasteiger charge is -2.28.